The average Bonchev–Trinajstić information content (AvgIpc) is 3.38. The van der Waals surface area contributed by atoms with E-state index in [1.54, 1.807) is 0 Å². The number of nitrogens with zero attached hydrogens (tertiary/aromatic N) is 6. The molecule has 1 unspecified atom stereocenters. The van der Waals surface area contributed by atoms with Crippen LogP contribution in [0.2, 0.25) is 0 Å². The first-order chi connectivity index (χ1) is 18.1. The summed E-state index contributed by atoms with van der Waals surface area (Å²) in [6.45, 7) is 10.6. The predicted octanol–water partition coefficient (Wildman–Crippen LogP) is 5.02. The van der Waals surface area contributed by atoms with Gasteiger partial charge in [-0.1, -0.05) is 30.3 Å². The molecule has 1 N–H and O–H groups in total. The van der Waals surface area contributed by atoms with Crippen molar-refractivity contribution in [3.05, 3.63) is 70.8 Å². The number of likely N-dealkylation sites (N-methyl/N-ethyl adjacent to an activating group) is 1. The van der Waals surface area contributed by atoms with Gasteiger partial charge < -0.3 is 19.7 Å². The summed E-state index contributed by atoms with van der Waals surface area (Å²) in [6.07, 6.45) is 1.89. The van der Waals surface area contributed by atoms with E-state index in [2.05, 4.69) is 114 Å². The molecule has 0 saturated carbocycles. The number of piperazine rings is 2. The van der Waals surface area contributed by atoms with Gasteiger partial charge in [0, 0.05) is 75.8 Å². The average molecular weight is 561 g/mol. The zero-order valence-electron chi connectivity index (χ0n) is 21.6. The number of pyridine rings is 1. The first-order valence-corrected chi connectivity index (χ1v) is 14.0. The molecule has 0 amide bonds. The highest BCUT2D eigenvalue weighted by atomic mass is 79.9. The Kier molecular flexibility index (Phi) is 6.88. The van der Waals surface area contributed by atoms with Crippen molar-refractivity contribution in [2.45, 2.75) is 13.0 Å². The van der Waals surface area contributed by atoms with Gasteiger partial charge in [-0.15, -0.1) is 0 Å². The van der Waals surface area contributed by atoms with E-state index in [1.165, 1.54) is 11.3 Å². The second-order valence-electron chi connectivity index (χ2n) is 10.2. The molecule has 2 aromatic carbocycles. The first kappa shape index (κ1) is 24.4. The normalized spacial score (nSPS) is 18.5. The lowest BCUT2D eigenvalue weighted by atomic mass is 10.1. The number of rotatable bonds is 5. The molecule has 0 spiro atoms. The quantitative estimate of drug-likeness (QED) is 0.370. The largest absolute Gasteiger partial charge is 0.369 e. The highest BCUT2D eigenvalue weighted by Crippen LogP contribution is 2.35. The molecule has 192 valence electrons. The summed E-state index contributed by atoms with van der Waals surface area (Å²) >= 11 is 3.78. The molecule has 7 nitrogen and oxygen atoms in total. The number of imidazole rings is 1. The van der Waals surface area contributed by atoms with Crippen LogP contribution < -0.4 is 9.80 Å². The van der Waals surface area contributed by atoms with Crippen molar-refractivity contribution in [2.75, 3.05) is 69.2 Å². The molecule has 6 rings (SSSR count). The fourth-order valence-electron chi connectivity index (χ4n) is 5.54. The summed E-state index contributed by atoms with van der Waals surface area (Å²) in [5.41, 5.74) is 6.65. The molecular formula is C29H34BrN7. The molecule has 2 aliphatic rings. The van der Waals surface area contributed by atoms with Gasteiger partial charge in [-0.25, -0.2) is 9.97 Å². The van der Waals surface area contributed by atoms with Gasteiger partial charge >= 0.3 is 0 Å². The van der Waals surface area contributed by atoms with Crippen LogP contribution in [0.1, 0.15) is 18.5 Å². The molecule has 1 atom stereocenters. The van der Waals surface area contributed by atoms with Gasteiger partial charge in [-0.2, -0.15) is 0 Å². The molecule has 2 aromatic heterocycles. The van der Waals surface area contributed by atoms with Crippen LogP contribution in [0.15, 0.2) is 65.3 Å². The van der Waals surface area contributed by atoms with Gasteiger partial charge in [-0.3, -0.25) is 4.90 Å². The van der Waals surface area contributed by atoms with E-state index in [0.717, 1.165) is 85.1 Å². The molecule has 37 heavy (non-hydrogen) atoms. The third kappa shape index (κ3) is 4.98. The molecule has 2 aliphatic heterocycles. The number of aromatic nitrogens is 3. The molecule has 0 bridgehead atoms. The Balaban J connectivity index is 1.20. The van der Waals surface area contributed by atoms with Gasteiger partial charge in [0.25, 0.3) is 0 Å². The van der Waals surface area contributed by atoms with Crippen molar-refractivity contribution in [2.24, 2.45) is 0 Å². The van der Waals surface area contributed by atoms with E-state index >= 15 is 0 Å². The smallest absolute Gasteiger partial charge is 0.180 e. The number of halogens is 1. The monoisotopic (exact) mass is 559 g/mol. The first-order valence-electron chi connectivity index (χ1n) is 13.2. The lowest BCUT2D eigenvalue weighted by molar-refractivity contribution is 0.198. The number of aromatic amines is 1. The summed E-state index contributed by atoms with van der Waals surface area (Å²) in [5, 5.41) is 0. The number of fused-ring (bicyclic) bond motifs is 1. The van der Waals surface area contributed by atoms with E-state index in [-0.39, 0.29) is 0 Å². The van der Waals surface area contributed by atoms with Gasteiger partial charge in [0.15, 0.2) is 5.65 Å². The Morgan fingerprint density at radius 2 is 1.51 bits per heavy atom. The number of hydrogen-bond acceptors (Lipinski definition) is 6. The number of nitrogens with one attached hydrogen (secondary N) is 1. The standard InChI is InChI=1S/C29H34BrN7/c1-21(22-6-4-3-5-7-22)35-16-18-37(19-17-35)27-25(30)20-31-29-26(27)32-28(33-29)23-8-10-24(11-9-23)36-14-12-34(2)13-15-36/h3-11,20-21H,12-19H2,1-2H3,(H,31,32,33). The van der Waals surface area contributed by atoms with E-state index < -0.39 is 0 Å². The van der Waals surface area contributed by atoms with Crippen molar-refractivity contribution >= 4 is 38.5 Å². The van der Waals surface area contributed by atoms with Crippen molar-refractivity contribution in [3.8, 4) is 11.4 Å². The summed E-state index contributed by atoms with van der Waals surface area (Å²) in [4.78, 5) is 23.0. The SMILES string of the molecule is CC(c1ccccc1)N1CCN(c2c(Br)cnc3nc(-c4ccc(N5CCN(C)CC5)cc4)[nH]c23)CC1. The fraction of sp³-hybridized carbons (Fsp3) is 0.379. The maximum absolute atomic E-state index is 4.87. The molecule has 0 aliphatic carbocycles. The third-order valence-corrected chi connectivity index (χ3v) is 8.50. The third-order valence-electron chi connectivity index (χ3n) is 7.92. The molecule has 4 aromatic rings. The lowest BCUT2D eigenvalue weighted by Gasteiger charge is -2.39. The summed E-state index contributed by atoms with van der Waals surface area (Å²) in [7, 11) is 2.19. The number of benzene rings is 2. The van der Waals surface area contributed by atoms with Crippen LogP contribution in [0.3, 0.4) is 0 Å². The second-order valence-corrected chi connectivity index (χ2v) is 11.0. The fourth-order valence-corrected chi connectivity index (χ4v) is 6.09. The summed E-state index contributed by atoms with van der Waals surface area (Å²) < 4.78 is 1.00. The van der Waals surface area contributed by atoms with Crippen LogP contribution in [-0.4, -0.2) is 84.2 Å². The Labute approximate surface area is 227 Å². The zero-order valence-corrected chi connectivity index (χ0v) is 23.2. The van der Waals surface area contributed by atoms with E-state index in [0.29, 0.717) is 6.04 Å². The number of anilines is 2. The van der Waals surface area contributed by atoms with Gasteiger partial charge in [-0.05, 0) is 59.7 Å². The van der Waals surface area contributed by atoms with Crippen LogP contribution >= 0.6 is 15.9 Å². The number of H-pyrrole nitrogens is 1. The predicted molar refractivity (Wildman–Crippen MR) is 155 cm³/mol. The Hall–Kier alpha value is -2.94. The van der Waals surface area contributed by atoms with Crippen LogP contribution in [0, 0.1) is 0 Å². The Morgan fingerprint density at radius 3 is 2.22 bits per heavy atom. The van der Waals surface area contributed by atoms with Crippen molar-refractivity contribution in [1.82, 2.24) is 24.8 Å². The van der Waals surface area contributed by atoms with E-state index in [1.807, 2.05) is 6.20 Å². The molecule has 2 fully saturated rings. The number of hydrogen-bond donors (Lipinski definition) is 1. The topological polar surface area (TPSA) is 54.5 Å². The summed E-state index contributed by atoms with van der Waals surface area (Å²) in [5.74, 6) is 0.864. The molecule has 8 heteroatoms. The minimum absolute atomic E-state index is 0.414. The van der Waals surface area contributed by atoms with Gasteiger partial charge in [0.05, 0.1) is 10.2 Å². The van der Waals surface area contributed by atoms with Gasteiger partial charge in [0.2, 0.25) is 0 Å². The second kappa shape index (κ2) is 10.4. The lowest BCUT2D eigenvalue weighted by Crippen LogP contribution is -2.47. The maximum atomic E-state index is 4.87. The highest BCUT2D eigenvalue weighted by Gasteiger charge is 2.25. The van der Waals surface area contributed by atoms with Crippen molar-refractivity contribution in [1.29, 1.82) is 0 Å². The van der Waals surface area contributed by atoms with Crippen molar-refractivity contribution < 1.29 is 0 Å². The molecular weight excluding hydrogens is 526 g/mol. The zero-order chi connectivity index (χ0) is 25.4. The Morgan fingerprint density at radius 1 is 0.838 bits per heavy atom. The molecule has 0 radical (unpaired) electrons. The van der Waals surface area contributed by atoms with Crippen LogP contribution in [-0.2, 0) is 0 Å². The molecule has 4 heterocycles. The van der Waals surface area contributed by atoms with Crippen LogP contribution in [0.5, 0.6) is 0 Å². The minimum Gasteiger partial charge on any atom is -0.369 e. The minimum atomic E-state index is 0.414. The van der Waals surface area contributed by atoms with Crippen molar-refractivity contribution in [3.63, 3.8) is 0 Å². The van der Waals surface area contributed by atoms with E-state index in [4.69, 9.17) is 4.98 Å². The van der Waals surface area contributed by atoms with E-state index in [9.17, 15) is 0 Å². The van der Waals surface area contributed by atoms with Gasteiger partial charge in [0.1, 0.15) is 11.3 Å². The Bertz CT molecular complexity index is 1340. The van der Waals surface area contributed by atoms with Crippen LogP contribution in [0.25, 0.3) is 22.6 Å². The maximum Gasteiger partial charge on any atom is 0.180 e. The van der Waals surface area contributed by atoms with Crippen LogP contribution in [0.4, 0.5) is 11.4 Å². The molecule has 2 saturated heterocycles. The summed E-state index contributed by atoms with van der Waals surface area (Å²) in [6, 6.07) is 20.0. The highest BCUT2D eigenvalue weighted by molar-refractivity contribution is 9.10.